The predicted molar refractivity (Wildman–Crippen MR) is 146 cm³/mol. The molecule has 0 fully saturated rings. The number of rotatable bonds is 27. The molecule has 0 saturated carbocycles. The van der Waals surface area contributed by atoms with Crippen molar-refractivity contribution in [2.45, 2.75) is 149 Å². The molecule has 0 aliphatic rings. The summed E-state index contributed by atoms with van der Waals surface area (Å²) in [5, 5.41) is 3.04. The van der Waals surface area contributed by atoms with Crippen molar-refractivity contribution in [3.63, 3.8) is 0 Å². The summed E-state index contributed by atoms with van der Waals surface area (Å²) >= 11 is 0. The Balaban J connectivity index is 3.58. The first kappa shape index (κ1) is 33.2. The van der Waals surface area contributed by atoms with Gasteiger partial charge in [0.05, 0.1) is 0 Å². The molecule has 0 spiro atoms. The Kier molecular flexibility index (Phi) is 27.8. The van der Waals surface area contributed by atoms with Crippen LogP contribution < -0.4 is 5.32 Å². The Morgan fingerprint density at radius 1 is 0.529 bits per heavy atom. The quantitative estimate of drug-likeness (QED) is 0.0936. The van der Waals surface area contributed by atoms with Crippen LogP contribution in [-0.2, 0) is 9.47 Å². The van der Waals surface area contributed by atoms with Crippen molar-refractivity contribution in [1.29, 1.82) is 0 Å². The van der Waals surface area contributed by atoms with Crippen molar-refractivity contribution in [3.8, 4) is 0 Å². The fraction of sp³-hybridized carbons (Fsp3) is 0.966. The van der Waals surface area contributed by atoms with Gasteiger partial charge < -0.3 is 14.8 Å². The average molecular weight is 485 g/mol. The number of unbranched alkanes of at least 4 members (excludes halogenated alkanes) is 17. The fourth-order valence-electron chi connectivity index (χ4n) is 3.98. The van der Waals surface area contributed by atoms with E-state index in [2.05, 4.69) is 26.1 Å². The van der Waals surface area contributed by atoms with Crippen LogP contribution >= 0.6 is 0 Å². The lowest BCUT2D eigenvalue weighted by molar-refractivity contribution is -0.0220. The van der Waals surface area contributed by atoms with Crippen molar-refractivity contribution in [3.05, 3.63) is 0 Å². The molecule has 0 heterocycles. The summed E-state index contributed by atoms with van der Waals surface area (Å²) in [5.74, 6) is 0. The van der Waals surface area contributed by atoms with Crippen LogP contribution in [0.15, 0.2) is 0 Å². The zero-order chi connectivity index (χ0) is 25.0. The number of carbonyl (C=O) groups excluding carboxylic acids is 1. The second kappa shape index (κ2) is 28.4. The van der Waals surface area contributed by atoms with Gasteiger partial charge in [0.15, 0.2) is 0 Å². The summed E-state index contributed by atoms with van der Waals surface area (Å²) in [7, 11) is 0. The van der Waals surface area contributed by atoms with Gasteiger partial charge in [-0.1, -0.05) is 130 Å². The number of amides is 2. The van der Waals surface area contributed by atoms with E-state index in [4.69, 9.17) is 9.47 Å². The number of urea groups is 1. The van der Waals surface area contributed by atoms with Crippen molar-refractivity contribution in [2.24, 2.45) is 0 Å². The molecule has 0 saturated heterocycles. The van der Waals surface area contributed by atoms with Gasteiger partial charge in [-0.25, -0.2) is 4.79 Å². The highest BCUT2D eigenvalue weighted by Gasteiger charge is 2.13. The lowest BCUT2D eigenvalue weighted by Gasteiger charge is -2.23. The summed E-state index contributed by atoms with van der Waals surface area (Å²) < 4.78 is 11.3. The van der Waals surface area contributed by atoms with Crippen LogP contribution in [0, 0.1) is 0 Å². The maximum atomic E-state index is 12.5. The molecule has 0 aromatic heterocycles. The van der Waals surface area contributed by atoms with Gasteiger partial charge in [-0.15, -0.1) is 0 Å². The second-order valence-electron chi connectivity index (χ2n) is 9.86. The van der Waals surface area contributed by atoms with Crippen LogP contribution in [0.4, 0.5) is 4.79 Å². The van der Waals surface area contributed by atoms with Gasteiger partial charge in [-0.3, -0.25) is 4.90 Å². The molecule has 5 heteroatoms. The molecule has 0 aromatic rings. The maximum absolute atomic E-state index is 12.5. The molecule has 0 bridgehead atoms. The van der Waals surface area contributed by atoms with Gasteiger partial charge in [0, 0.05) is 19.8 Å². The van der Waals surface area contributed by atoms with Crippen molar-refractivity contribution in [2.75, 3.05) is 33.2 Å². The normalized spacial score (nSPS) is 11.1. The Hall–Kier alpha value is -0.810. The molecule has 34 heavy (non-hydrogen) atoms. The fourth-order valence-corrected chi connectivity index (χ4v) is 3.98. The lowest BCUT2D eigenvalue weighted by atomic mass is 10.0. The van der Waals surface area contributed by atoms with E-state index in [9.17, 15) is 4.79 Å². The van der Waals surface area contributed by atoms with E-state index in [1.54, 1.807) is 4.90 Å². The molecule has 0 rings (SSSR count). The third-order valence-electron chi connectivity index (χ3n) is 6.37. The molecule has 0 atom stereocenters. The second-order valence-corrected chi connectivity index (χ2v) is 9.86. The Bertz CT molecular complexity index is 395. The van der Waals surface area contributed by atoms with Crippen LogP contribution in [0.5, 0.6) is 0 Å². The zero-order valence-electron chi connectivity index (χ0n) is 23.3. The van der Waals surface area contributed by atoms with Crippen molar-refractivity contribution < 1.29 is 14.3 Å². The number of ether oxygens (including phenoxy) is 2. The van der Waals surface area contributed by atoms with Gasteiger partial charge in [0.1, 0.15) is 13.5 Å². The summed E-state index contributed by atoms with van der Waals surface area (Å²) in [6.07, 6.45) is 26.0. The minimum absolute atomic E-state index is 0.0750. The molecule has 5 nitrogen and oxygen atoms in total. The monoisotopic (exact) mass is 484 g/mol. The van der Waals surface area contributed by atoms with Crippen LogP contribution in [-0.4, -0.2) is 44.2 Å². The first-order valence-electron chi connectivity index (χ1n) is 14.9. The largest absolute Gasteiger partial charge is 0.361 e. The molecule has 0 radical (unpaired) electrons. The number of hydrogen-bond donors (Lipinski definition) is 1. The Labute approximate surface area is 213 Å². The average Bonchev–Trinajstić information content (AvgIpc) is 2.84. The van der Waals surface area contributed by atoms with Crippen LogP contribution in [0.2, 0.25) is 0 Å². The minimum Gasteiger partial charge on any atom is -0.361 e. The van der Waals surface area contributed by atoms with E-state index >= 15 is 0 Å². The van der Waals surface area contributed by atoms with Crippen LogP contribution in [0.3, 0.4) is 0 Å². The van der Waals surface area contributed by atoms with E-state index in [1.165, 1.54) is 96.3 Å². The van der Waals surface area contributed by atoms with Gasteiger partial charge in [0.2, 0.25) is 0 Å². The highest BCUT2D eigenvalue weighted by molar-refractivity contribution is 5.73. The highest BCUT2D eigenvalue weighted by Crippen LogP contribution is 2.13. The number of nitrogens with one attached hydrogen (secondary N) is 1. The first-order chi connectivity index (χ1) is 16.8. The summed E-state index contributed by atoms with van der Waals surface area (Å²) in [6, 6.07) is -0.0750. The van der Waals surface area contributed by atoms with E-state index in [0.717, 1.165) is 38.6 Å². The topological polar surface area (TPSA) is 50.8 Å². The van der Waals surface area contributed by atoms with E-state index in [-0.39, 0.29) is 6.03 Å². The molecule has 0 aromatic carbocycles. The van der Waals surface area contributed by atoms with Crippen molar-refractivity contribution in [1.82, 2.24) is 10.2 Å². The third-order valence-corrected chi connectivity index (χ3v) is 6.37. The Morgan fingerprint density at radius 2 is 0.882 bits per heavy atom. The maximum Gasteiger partial charge on any atom is 0.321 e. The van der Waals surface area contributed by atoms with Gasteiger partial charge in [-0.05, 0) is 19.3 Å². The molecular weight excluding hydrogens is 424 g/mol. The summed E-state index contributed by atoms with van der Waals surface area (Å²) in [4.78, 5) is 14.1. The smallest absolute Gasteiger partial charge is 0.321 e. The molecule has 204 valence electrons. The standard InChI is InChI=1S/C29H60N2O3/c1-4-7-10-11-12-13-14-15-16-17-18-19-20-21-22-23-24-30-29(32)31(27-33-25-8-5-2)28-34-26-9-6-3/h4-28H2,1-3H3,(H,30,32). The molecular formula is C29H60N2O3. The highest BCUT2D eigenvalue weighted by atomic mass is 16.5. The summed E-state index contributed by atoms with van der Waals surface area (Å²) in [6.45, 7) is 9.28. The number of hydrogen-bond acceptors (Lipinski definition) is 3. The predicted octanol–water partition coefficient (Wildman–Crippen LogP) is 8.81. The minimum atomic E-state index is -0.0750. The van der Waals surface area contributed by atoms with Gasteiger partial charge in [0.25, 0.3) is 0 Å². The molecule has 0 aliphatic carbocycles. The molecule has 0 aliphatic heterocycles. The SMILES string of the molecule is CCCCCCCCCCCCCCCCCCNC(=O)N(COCCCC)COCCCC. The van der Waals surface area contributed by atoms with Crippen molar-refractivity contribution >= 4 is 6.03 Å². The van der Waals surface area contributed by atoms with E-state index in [0.29, 0.717) is 26.7 Å². The zero-order valence-corrected chi connectivity index (χ0v) is 23.3. The first-order valence-corrected chi connectivity index (χ1v) is 14.9. The lowest BCUT2D eigenvalue weighted by Crippen LogP contribution is -2.43. The van der Waals surface area contributed by atoms with Gasteiger partial charge >= 0.3 is 6.03 Å². The molecule has 2 amide bonds. The van der Waals surface area contributed by atoms with Crippen LogP contribution in [0.1, 0.15) is 149 Å². The number of carbonyl (C=O) groups is 1. The molecule has 0 unspecified atom stereocenters. The molecule has 1 N–H and O–H groups in total. The Morgan fingerprint density at radius 3 is 1.26 bits per heavy atom. The third kappa shape index (κ3) is 24.3. The van der Waals surface area contributed by atoms with E-state index < -0.39 is 0 Å². The number of nitrogens with zero attached hydrogens (tertiary/aromatic N) is 1. The van der Waals surface area contributed by atoms with Crippen LogP contribution in [0.25, 0.3) is 0 Å². The van der Waals surface area contributed by atoms with Gasteiger partial charge in [-0.2, -0.15) is 0 Å². The van der Waals surface area contributed by atoms with E-state index in [1.807, 2.05) is 0 Å². The summed E-state index contributed by atoms with van der Waals surface area (Å²) in [5.41, 5.74) is 0.